The minimum atomic E-state index is -4.38. The summed E-state index contributed by atoms with van der Waals surface area (Å²) in [5.41, 5.74) is 0. The number of nitrogens with zero attached hydrogens (tertiary/aromatic N) is 2. The van der Waals surface area contributed by atoms with Crippen molar-refractivity contribution in [2.45, 2.75) is 25.7 Å². The Balaban J connectivity index is 2.42. The topological polar surface area (TPSA) is 6.48 Å². The van der Waals surface area contributed by atoms with Gasteiger partial charge in [0.1, 0.15) is 6.17 Å². The minimum Gasteiger partial charge on any atom is -0.269 e. The second kappa shape index (κ2) is 4.61. The Bertz CT molecular complexity index is 198. The van der Waals surface area contributed by atoms with Crippen LogP contribution in [0.1, 0.15) is 6.92 Å². The molecule has 7 heteroatoms. The largest absolute Gasteiger partial charge is 0.460 e. The summed E-state index contributed by atoms with van der Waals surface area (Å²) in [6.45, 7) is 0.234. The third-order valence-corrected chi connectivity index (χ3v) is 2.40. The average Bonchev–Trinajstić information content (AvgIpc) is 2.15. The van der Waals surface area contributed by atoms with Crippen molar-refractivity contribution >= 4 is 0 Å². The van der Waals surface area contributed by atoms with Gasteiger partial charge in [-0.2, -0.15) is 13.2 Å². The second-order valence-electron chi connectivity index (χ2n) is 3.54. The second-order valence-corrected chi connectivity index (χ2v) is 3.54. The first-order valence-electron chi connectivity index (χ1n) is 4.66. The van der Waals surface area contributed by atoms with Gasteiger partial charge >= 0.3 is 6.30 Å². The van der Waals surface area contributed by atoms with E-state index in [0.717, 1.165) is 11.8 Å². The molecule has 0 aromatic carbocycles. The monoisotopic (exact) mass is 232 g/mol. The van der Waals surface area contributed by atoms with Crippen molar-refractivity contribution in [2.24, 2.45) is 0 Å². The third-order valence-electron chi connectivity index (χ3n) is 2.40. The van der Waals surface area contributed by atoms with Crippen molar-refractivity contribution in [1.29, 1.82) is 0 Å². The molecule has 15 heavy (non-hydrogen) atoms. The molecule has 0 aliphatic carbocycles. The van der Waals surface area contributed by atoms with Crippen LogP contribution < -0.4 is 0 Å². The van der Waals surface area contributed by atoms with Gasteiger partial charge in [-0.05, 0) is 6.92 Å². The summed E-state index contributed by atoms with van der Waals surface area (Å²) in [7, 11) is 0. The number of hydrogen-bond acceptors (Lipinski definition) is 2. The smallest absolute Gasteiger partial charge is 0.269 e. The van der Waals surface area contributed by atoms with Crippen LogP contribution in [0.3, 0.4) is 0 Å². The van der Waals surface area contributed by atoms with Gasteiger partial charge in [-0.15, -0.1) is 0 Å². The minimum absolute atomic E-state index is 0.102. The summed E-state index contributed by atoms with van der Waals surface area (Å²) in [5.74, 6) is 0. The summed E-state index contributed by atoms with van der Waals surface area (Å²) in [6.07, 6.45) is -7.86. The molecule has 0 aromatic heterocycles. The molecular weight excluding hydrogens is 219 g/mol. The maximum atomic E-state index is 13.1. The van der Waals surface area contributed by atoms with Crippen LogP contribution in [0.4, 0.5) is 22.0 Å². The molecular formula is C8H13F5N2. The van der Waals surface area contributed by atoms with Crippen molar-refractivity contribution in [3.05, 3.63) is 0 Å². The zero-order valence-corrected chi connectivity index (χ0v) is 8.27. The number of halogens is 5. The molecule has 1 saturated heterocycles. The predicted molar refractivity (Wildman–Crippen MR) is 44.7 cm³/mol. The third kappa shape index (κ3) is 3.27. The summed E-state index contributed by atoms with van der Waals surface area (Å²) in [6, 6.07) is 0. The van der Waals surface area contributed by atoms with Crippen molar-refractivity contribution < 1.29 is 22.0 Å². The number of hydrogen-bond donors (Lipinski definition) is 0. The van der Waals surface area contributed by atoms with E-state index in [1.807, 2.05) is 0 Å². The van der Waals surface area contributed by atoms with Crippen molar-refractivity contribution in [3.63, 3.8) is 0 Å². The fourth-order valence-electron chi connectivity index (χ4n) is 1.51. The highest BCUT2D eigenvalue weighted by Crippen LogP contribution is 2.23. The summed E-state index contributed by atoms with van der Waals surface area (Å²) >= 11 is 0. The number of piperazine rings is 1. The summed E-state index contributed by atoms with van der Waals surface area (Å²) in [5, 5.41) is 0. The molecule has 0 spiro atoms. The van der Waals surface area contributed by atoms with Crippen LogP contribution in [0.25, 0.3) is 0 Å². The van der Waals surface area contributed by atoms with Crippen molar-refractivity contribution in [1.82, 2.24) is 9.80 Å². The van der Waals surface area contributed by atoms with Crippen LogP contribution in [0.2, 0.25) is 0 Å². The van der Waals surface area contributed by atoms with Gasteiger partial charge in [-0.25, -0.2) is 13.7 Å². The van der Waals surface area contributed by atoms with Crippen LogP contribution in [0.5, 0.6) is 0 Å². The van der Waals surface area contributed by atoms with E-state index in [4.69, 9.17) is 0 Å². The van der Waals surface area contributed by atoms with Gasteiger partial charge < -0.3 is 0 Å². The molecule has 1 aliphatic rings. The Kier molecular flexibility index (Phi) is 3.88. The molecule has 2 nitrogen and oxygen atoms in total. The standard InChI is InChI=1S/C8H13F5N2/c1-6(9)7(10)14-2-4-15(5-3-14)8(11,12)13/h6-7H,2-5H2,1H3. The molecule has 0 bridgehead atoms. The van der Waals surface area contributed by atoms with E-state index >= 15 is 0 Å². The normalized spacial score (nSPS) is 25.2. The lowest BCUT2D eigenvalue weighted by Gasteiger charge is -2.37. The van der Waals surface area contributed by atoms with Gasteiger partial charge in [0.25, 0.3) is 0 Å². The summed E-state index contributed by atoms with van der Waals surface area (Å²) < 4.78 is 62.1. The number of rotatable bonds is 2. The Morgan fingerprint density at radius 1 is 1.00 bits per heavy atom. The van der Waals surface area contributed by atoms with E-state index < -0.39 is 18.8 Å². The molecule has 0 amide bonds. The molecule has 1 aliphatic heterocycles. The molecule has 2 atom stereocenters. The Morgan fingerprint density at radius 3 is 1.80 bits per heavy atom. The van der Waals surface area contributed by atoms with Crippen molar-refractivity contribution in [2.75, 3.05) is 26.2 Å². The van der Waals surface area contributed by atoms with Crippen LogP contribution in [-0.4, -0.2) is 54.7 Å². The van der Waals surface area contributed by atoms with E-state index in [1.54, 1.807) is 0 Å². The van der Waals surface area contributed by atoms with Crippen LogP contribution in [-0.2, 0) is 0 Å². The van der Waals surface area contributed by atoms with Gasteiger partial charge in [-0.1, -0.05) is 0 Å². The fourth-order valence-corrected chi connectivity index (χ4v) is 1.51. The highest BCUT2D eigenvalue weighted by atomic mass is 19.4. The lowest BCUT2D eigenvalue weighted by molar-refractivity contribution is -0.255. The molecule has 0 radical (unpaired) electrons. The SMILES string of the molecule is CC(F)C(F)N1CCN(C(F)(F)F)CC1. The first-order valence-corrected chi connectivity index (χ1v) is 4.66. The maximum absolute atomic E-state index is 13.1. The van der Waals surface area contributed by atoms with E-state index in [2.05, 4.69) is 0 Å². The van der Waals surface area contributed by atoms with Gasteiger partial charge in [-0.3, -0.25) is 4.90 Å². The molecule has 90 valence electrons. The predicted octanol–water partition coefficient (Wildman–Crippen LogP) is 1.78. The molecule has 0 N–H and O–H groups in total. The fraction of sp³-hybridized carbons (Fsp3) is 1.00. The highest BCUT2D eigenvalue weighted by molar-refractivity contribution is 4.77. The van der Waals surface area contributed by atoms with E-state index in [-0.39, 0.29) is 26.2 Å². The van der Waals surface area contributed by atoms with Gasteiger partial charge in [0.2, 0.25) is 0 Å². The van der Waals surface area contributed by atoms with Gasteiger partial charge in [0.05, 0.1) is 0 Å². The zero-order chi connectivity index (χ0) is 11.6. The van der Waals surface area contributed by atoms with E-state index in [0.29, 0.717) is 4.90 Å². The zero-order valence-electron chi connectivity index (χ0n) is 8.27. The molecule has 1 heterocycles. The molecule has 1 fully saturated rings. The van der Waals surface area contributed by atoms with Crippen molar-refractivity contribution in [3.8, 4) is 0 Å². The van der Waals surface area contributed by atoms with Gasteiger partial charge in [0, 0.05) is 26.2 Å². The first kappa shape index (κ1) is 12.6. The maximum Gasteiger partial charge on any atom is 0.460 e. The highest BCUT2D eigenvalue weighted by Gasteiger charge is 2.40. The Hall–Kier alpha value is -0.430. The molecule has 1 rings (SSSR count). The van der Waals surface area contributed by atoms with E-state index in [9.17, 15) is 22.0 Å². The van der Waals surface area contributed by atoms with E-state index in [1.165, 1.54) is 0 Å². The Morgan fingerprint density at radius 2 is 1.47 bits per heavy atom. The van der Waals surface area contributed by atoms with Gasteiger partial charge in [0.15, 0.2) is 6.30 Å². The molecule has 0 aromatic rings. The quantitative estimate of drug-likeness (QED) is 0.529. The lowest BCUT2D eigenvalue weighted by atomic mass is 10.3. The van der Waals surface area contributed by atoms with Crippen LogP contribution in [0, 0.1) is 0 Å². The lowest BCUT2D eigenvalue weighted by Crippen LogP contribution is -2.54. The average molecular weight is 232 g/mol. The Labute approximate surface area is 84.6 Å². The summed E-state index contributed by atoms with van der Waals surface area (Å²) in [4.78, 5) is 1.39. The molecule has 2 unspecified atom stereocenters. The van der Waals surface area contributed by atoms with Crippen LogP contribution >= 0.6 is 0 Å². The van der Waals surface area contributed by atoms with Crippen LogP contribution in [0.15, 0.2) is 0 Å². The molecule has 0 saturated carbocycles. The first-order chi connectivity index (χ1) is 6.82. The number of alkyl halides is 5.